The summed E-state index contributed by atoms with van der Waals surface area (Å²) in [7, 11) is 0. The minimum absolute atomic E-state index is 0.177. The van der Waals surface area contributed by atoms with Gasteiger partial charge in [0.05, 0.1) is 22.7 Å². The molecule has 0 unspecified atom stereocenters. The highest BCUT2D eigenvalue weighted by atomic mass is 35.5. The maximum absolute atomic E-state index is 12.5. The van der Waals surface area contributed by atoms with Gasteiger partial charge >= 0.3 is 0 Å². The molecule has 0 radical (unpaired) electrons. The van der Waals surface area contributed by atoms with Gasteiger partial charge < -0.3 is 9.73 Å². The fraction of sp³-hybridized carbons (Fsp3) is 0.200. The number of hydrogen-bond donors (Lipinski definition) is 1. The van der Waals surface area contributed by atoms with Crippen molar-refractivity contribution in [1.82, 2.24) is 19.7 Å². The van der Waals surface area contributed by atoms with Crippen molar-refractivity contribution < 1.29 is 9.21 Å². The Morgan fingerprint density at radius 3 is 2.90 bits per heavy atom. The standard InChI is InChI=1S/C20H17Cl2N5O2S2/c1-2-7-27-18(16-4-3-8-29-16)25-26-20(27)31-11-17(28)24-19-23-15(10-30-19)13-6-5-12(21)9-14(13)22/h3-6,8-10H,2,7,11H2,1H3,(H,23,24,28). The summed E-state index contributed by atoms with van der Waals surface area (Å²) >= 11 is 14.8. The van der Waals surface area contributed by atoms with E-state index in [2.05, 4.69) is 27.4 Å². The van der Waals surface area contributed by atoms with Crippen molar-refractivity contribution in [3.8, 4) is 22.8 Å². The van der Waals surface area contributed by atoms with Crippen LogP contribution in [0.4, 0.5) is 5.13 Å². The number of thioether (sulfide) groups is 1. The molecule has 0 atom stereocenters. The van der Waals surface area contributed by atoms with E-state index in [4.69, 9.17) is 27.6 Å². The van der Waals surface area contributed by atoms with E-state index in [1.807, 2.05) is 16.0 Å². The first-order valence-corrected chi connectivity index (χ1v) is 12.0. The lowest BCUT2D eigenvalue weighted by atomic mass is 10.2. The van der Waals surface area contributed by atoms with Crippen LogP contribution in [-0.2, 0) is 11.3 Å². The zero-order chi connectivity index (χ0) is 21.8. The number of furan rings is 1. The molecular weight excluding hydrogens is 477 g/mol. The van der Waals surface area contributed by atoms with Crippen LogP contribution in [-0.4, -0.2) is 31.4 Å². The normalized spacial score (nSPS) is 11.1. The highest BCUT2D eigenvalue weighted by molar-refractivity contribution is 7.99. The third-order valence-corrected chi connectivity index (χ3v) is 6.47. The second kappa shape index (κ2) is 9.86. The quantitative estimate of drug-likeness (QED) is 0.298. The van der Waals surface area contributed by atoms with E-state index in [1.54, 1.807) is 30.5 Å². The van der Waals surface area contributed by atoms with Gasteiger partial charge in [-0.15, -0.1) is 21.5 Å². The number of amides is 1. The predicted octanol–water partition coefficient (Wildman–Crippen LogP) is 6.11. The van der Waals surface area contributed by atoms with Crippen molar-refractivity contribution >= 4 is 57.3 Å². The molecule has 1 N–H and O–H groups in total. The summed E-state index contributed by atoms with van der Waals surface area (Å²) in [4.78, 5) is 16.9. The van der Waals surface area contributed by atoms with E-state index in [0.717, 1.165) is 18.5 Å². The van der Waals surface area contributed by atoms with Crippen LogP contribution in [0, 0.1) is 0 Å². The lowest BCUT2D eigenvalue weighted by Crippen LogP contribution is -2.14. The van der Waals surface area contributed by atoms with Gasteiger partial charge in [-0.05, 0) is 36.8 Å². The van der Waals surface area contributed by atoms with E-state index in [9.17, 15) is 4.79 Å². The molecule has 0 bridgehead atoms. The monoisotopic (exact) mass is 493 g/mol. The molecular formula is C20H17Cl2N5O2S2. The van der Waals surface area contributed by atoms with Crippen molar-refractivity contribution in [3.05, 3.63) is 52.0 Å². The van der Waals surface area contributed by atoms with Crippen LogP contribution < -0.4 is 5.32 Å². The Balaban J connectivity index is 1.41. The third kappa shape index (κ3) is 5.12. The number of carbonyl (C=O) groups excluding carboxylic acids is 1. The van der Waals surface area contributed by atoms with Crippen molar-refractivity contribution in [2.45, 2.75) is 25.0 Å². The van der Waals surface area contributed by atoms with Crippen LogP contribution in [0.1, 0.15) is 13.3 Å². The van der Waals surface area contributed by atoms with Crippen LogP contribution in [0.15, 0.2) is 51.5 Å². The Hall–Kier alpha value is -2.33. The Kier molecular flexibility index (Phi) is 6.96. The number of rotatable bonds is 8. The lowest BCUT2D eigenvalue weighted by Gasteiger charge is -2.07. The Bertz CT molecular complexity index is 1190. The third-order valence-electron chi connectivity index (χ3n) is 4.20. The average Bonchev–Trinajstić information content (AvgIpc) is 3.48. The van der Waals surface area contributed by atoms with Gasteiger partial charge in [0.2, 0.25) is 5.91 Å². The first-order chi connectivity index (χ1) is 15.0. The molecule has 4 rings (SSSR count). The highest BCUT2D eigenvalue weighted by Gasteiger charge is 2.17. The maximum Gasteiger partial charge on any atom is 0.236 e. The number of nitrogens with one attached hydrogen (secondary N) is 1. The van der Waals surface area contributed by atoms with Gasteiger partial charge in [0.1, 0.15) is 0 Å². The number of carbonyl (C=O) groups is 1. The summed E-state index contributed by atoms with van der Waals surface area (Å²) in [5, 5.41) is 15.3. The SMILES string of the molecule is CCCn1c(SCC(=O)Nc2nc(-c3ccc(Cl)cc3Cl)cs2)nnc1-c1ccco1. The smallest absolute Gasteiger partial charge is 0.236 e. The predicted molar refractivity (Wildman–Crippen MR) is 125 cm³/mol. The largest absolute Gasteiger partial charge is 0.461 e. The van der Waals surface area contributed by atoms with E-state index < -0.39 is 0 Å². The number of benzene rings is 1. The fourth-order valence-corrected chi connectivity index (χ4v) is 4.84. The van der Waals surface area contributed by atoms with Crippen molar-refractivity contribution in [2.24, 2.45) is 0 Å². The molecule has 3 aromatic heterocycles. The van der Waals surface area contributed by atoms with Gasteiger partial charge in [0.25, 0.3) is 0 Å². The summed E-state index contributed by atoms with van der Waals surface area (Å²) in [6.07, 6.45) is 2.50. The summed E-state index contributed by atoms with van der Waals surface area (Å²) in [5.41, 5.74) is 1.44. The molecule has 0 aliphatic heterocycles. The molecule has 0 fully saturated rings. The zero-order valence-corrected chi connectivity index (χ0v) is 19.5. The van der Waals surface area contributed by atoms with E-state index >= 15 is 0 Å². The van der Waals surface area contributed by atoms with Gasteiger partial charge in [-0.25, -0.2) is 4.98 Å². The van der Waals surface area contributed by atoms with Crippen molar-refractivity contribution in [2.75, 3.05) is 11.1 Å². The molecule has 0 aliphatic carbocycles. The van der Waals surface area contributed by atoms with Crippen LogP contribution in [0.5, 0.6) is 0 Å². The van der Waals surface area contributed by atoms with Crippen LogP contribution >= 0.6 is 46.3 Å². The number of thiazole rings is 1. The minimum atomic E-state index is -0.182. The molecule has 160 valence electrons. The maximum atomic E-state index is 12.5. The average molecular weight is 494 g/mol. The van der Waals surface area contributed by atoms with Crippen LogP contribution in [0.25, 0.3) is 22.8 Å². The van der Waals surface area contributed by atoms with E-state index in [1.165, 1.54) is 23.1 Å². The summed E-state index contributed by atoms with van der Waals surface area (Å²) in [5.74, 6) is 1.29. The summed E-state index contributed by atoms with van der Waals surface area (Å²) < 4.78 is 7.40. The summed E-state index contributed by atoms with van der Waals surface area (Å²) in [6, 6.07) is 8.86. The Morgan fingerprint density at radius 2 is 2.16 bits per heavy atom. The molecule has 7 nitrogen and oxygen atoms in total. The minimum Gasteiger partial charge on any atom is -0.461 e. The Labute approximate surface area is 196 Å². The van der Waals surface area contributed by atoms with Gasteiger partial charge in [0.15, 0.2) is 21.9 Å². The Morgan fingerprint density at radius 1 is 1.29 bits per heavy atom. The number of aromatic nitrogens is 4. The molecule has 3 heterocycles. The molecule has 0 saturated carbocycles. The molecule has 0 saturated heterocycles. The second-order valence-corrected chi connectivity index (χ2v) is 9.08. The van der Waals surface area contributed by atoms with Crippen molar-refractivity contribution in [1.29, 1.82) is 0 Å². The first-order valence-electron chi connectivity index (χ1n) is 9.36. The molecule has 11 heteroatoms. The van der Waals surface area contributed by atoms with Gasteiger partial charge in [-0.3, -0.25) is 9.36 Å². The highest BCUT2D eigenvalue weighted by Crippen LogP contribution is 2.32. The number of hydrogen-bond acceptors (Lipinski definition) is 7. The van der Waals surface area contributed by atoms with Gasteiger partial charge in [-0.1, -0.05) is 41.9 Å². The van der Waals surface area contributed by atoms with Gasteiger partial charge in [-0.2, -0.15) is 0 Å². The summed E-state index contributed by atoms with van der Waals surface area (Å²) in [6.45, 7) is 2.80. The van der Waals surface area contributed by atoms with Crippen LogP contribution in [0.2, 0.25) is 10.0 Å². The van der Waals surface area contributed by atoms with Crippen molar-refractivity contribution in [3.63, 3.8) is 0 Å². The number of anilines is 1. The molecule has 1 amide bonds. The van der Waals surface area contributed by atoms with Crippen LogP contribution in [0.3, 0.4) is 0 Å². The molecule has 0 spiro atoms. The molecule has 31 heavy (non-hydrogen) atoms. The van der Waals surface area contributed by atoms with E-state index in [-0.39, 0.29) is 11.7 Å². The second-order valence-electron chi connectivity index (χ2n) is 6.43. The molecule has 1 aromatic carbocycles. The first kappa shape index (κ1) is 21.9. The number of nitrogens with zero attached hydrogens (tertiary/aromatic N) is 4. The van der Waals surface area contributed by atoms with Gasteiger partial charge in [0, 0.05) is 22.5 Å². The fourth-order valence-electron chi connectivity index (χ4n) is 2.85. The topological polar surface area (TPSA) is 85.8 Å². The van der Waals surface area contributed by atoms with E-state index in [0.29, 0.717) is 37.6 Å². The molecule has 4 aromatic rings. The number of halogens is 2. The molecule has 0 aliphatic rings. The zero-order valence-electron chi connectivity index (χ0n) is 16.3. The lowest BCUT2D eigenvalue weighted by molar-refractivity contribution is -0.113.